The van der Waals surface area contributed by atoms with Crippen molar-refractivity contribution in [3.8, 4) is 11.8 Å². The van der Waals surface area contributed by atoms with Gasteiger partial charge < -0.3 is 4.74 Å². The first-order valence-electron chi connectivity index (χ1n) is 6.49. The van der Waals surface area contributed by atoms with Gasteiger partial charge in [0.25, 0.3) is 0 Å². The Morgan fingerprint density at radius 1 is 1.50 bits per heavy atom. The predicted molar refractivity (Wildman–Crippen MR) is 72.1 cm³/mol. The van der Waals surface area contributed by atoms with Crippen LogP contribution in [0, 0.1) is 17.2 Å². The third-order valence-electron chi connectivity index (χ3n) is 3.99. The van der Waals surface area contributed by atoms with Crippen molar-refractivity contribution in [2.24, 2.45) is 5.92 Å². The number of nitrogens with zero attached hydrogens (tertiary/aromatic N) is 2. The van der Waals surface area contributed by atoms with Crippen molar-refractivity contribution < 1.29 is 14.7 Å². The summed E-state index contributed by atoms with van der Waals surface area (Å²) in [6, 6.07) is 6.57. The van der Waals surface area contributed by atoms with Crippen LogP contribution in [0.3, 0.4) is 0 Å². The molecule has 1 heterocycles. The number of carbonyl (C=O) groups excluding carboxylic acids is 1. The second-order valence-electron chi connectivity index (χ2n) is 5.67. The number of fused-ring (bicyclic) bond motifs is 1. The van der Waals surface area contributed by atoms with Gasteiger partial charge in [0.1, 0.15) is 11.4 Å². The zero-order valence-corrected chi connectivity index (χ0v) is 12.0. The molecular formula is C15H18N2O3. The molecule has 0 radical (unpaired) electrons. The zero-order chi connectivity index (χ0) is 15.1. The normalized spacial score (nSPS) is 23.2. The molecule has 1 amide bonds. The minimum atomic E-state index is -0.528. The summed E-state index contributed by atoms with van der Waals surface area (Å²) in [7, 11) is 0. The van der Waals surface area contributed by atoms with Gasteiger partial charge in [-0.15, -0.1) is 0 Å². The molecule has 0 unspecified atom stereocenters. The zero-order valence-electron chi connectivity index (χ0n) is 12.0. The highest BCUT2D eigenvalue weighted by Crippen LogP contribution is 2.46. The summed E-state index contributed by atoms with van der Waals surface area (Å²) < 4.78 is 5.93. The number of rotatable bonds is 1. The van der Waals surface area contributed by atoms with E-state index >= 15 is 0 Å². The van der Waals surface area contributed by atoms with E-state index in [2.05, 4.69) is 6.07 Å². The minimum Gasteiger partial charge on any atom is -0.487 e. The quantitative estimate of drug-likeness (QED) is 0.631. The van der Waals surface area contributed by atoms with Crippen LogP contribution in [-0.2, 0) is 4.79 Å². The van der Waals surface area contributed by atoms with Crippen molar-refractivity contribution in [2.45, 2.75) is 39.3 Å². The highest BCUT2D eigenvalue weighted by molar-refractivity contribution is 5.72. The van der Waals surface area contributed by atoms with Crippen LogP contribution in [0.15, 0.2) is 18.2 Å². The third-order valence-corrected chi connectivity index (χ3v) is 3.99. The molecule has 1 aliphatic heterocycles. The van der Waals surface area contributed by atoms with Crippen LogP contribution in [0.1, 0.15) is 44.9 Å². The molecule has 1 aromatic carbocycles. The van der Waals surface area contributed by atoms with E-state index in [1.165, 1.54) is 6.92 Å². The van der Waals surface area contributed by atoms with Crippen molar-refractivity contribution in [3.63, 3.8) is 0 Å². The number of amides is 1. The molecule has 0 saturated carbocycles. The first-order chi connectivity index (χ1) is 9.27. The lowest BCUT2D eigenvalue weighted by atomic mass is 9.79. The van der Waals surface area contributed by atoms with Gasteiger partial charge in [0.15, 0.2) is 0 Å². The fourth-order valence-corrected chi connectivity index (χ4v) is 2.51. The Hall–Kier alpha value is -2.06. The molecule has 5 heteroatoms. The maximum absolute atomic E-state index is 11.5. The summed E-state index contributed by atoms with van der Waals surface area (Å²) in [5, 5.41) is 19.8. The highest BCUT2D eigenvalue weighted by atomic mass is 16.5. The van der Waals surface area contributed by atoms with E-state index in [0.717, 1.165) is 5.06 Å². The lowest BCUT2D eigenvalue weighted by molar-refractivity contribution is -0.189. The van der Waals surface area contributed by atoms with Crippen LogP contribution >= 0.6 is 0 Å². The smallest absolute Gasteiger partial charge is 0.243 e. The van der Waals surface area contributed by atoms with Gasteiger partial charge in [-0.1, -0.05) is 6.92 Å². The van der Waals surface area contributed by atoms with Gasteiger partial charge in [0.05, 0.1) is 17.7 Å². The van der Waals surface area contributed by atoms with Crippen molar-refractivity contribution in [2.75, 3.05) is 0 Å². The van der Waals surface area contributed by atoms with E-state index in [1.54, 1.807) is 18.2 Å². The lowest BCUT2D eigenvalue weighted by Crippen LogP contribution is -2.48. The Labute approximate surface area is 118 Å². The number of hydrogen-bond acceptors (Lipinski definition) is 4. The predicted octanol–water partition coefficient (Wildman–Crippen LogP) is 2.64. The molecular weight excluding hydrogens is 256 g/mol. The van der Waals surface area contributed by atoms with Gasteiger partial charge >= 0.3 is 0 Å². The molecule has 20 heavy (non-hydrogen) atoms. The number of ether oxygens (including phenoxy) is 1. The molecule has 1 N–H and O–H groups in total. The van der Waals surface area contributed by atoms with E-state index in [1.807, 2.05) is 20.8 Å². The number of carbonyl (C=O) groups is 1. The Balaban J connectivity index is 2.60. The highest BCUT2D eigenvalue weighted by Gasteiger charge is 2.44. The summed E-state index contributed by atoms with van der Waals surface area (Å²) in [5.41, 5.74) is 0.609. The Kier molecular flexibility index (Phi) is 3.45. The van der Waals surface area contributed by atoms with Crippen LogP contribution in [0.5, 0.6) is 5.75 Å². The van der Waals surface area contributed by atoms with E-state index in [-0.39, 0.29) is 5.92 Å². The fourth-order valence-electron chi connectivity index (χ4n) is 2.51. The van der Waals surface area contributed by atoms with Crippen molar-refractivity contribution >= 4 is 5.91 Å². The Bertz CT molecular complexity index is 589. The monoisotopic (exact) mass is 274 g/mol. The van der Waals surface area contributed by atoms with Crippen molar-refractivity contribution in [1.29, 1.82) is 5.26 Å². The maximum Gasteiger partial charge on any atom is 0.243 e. The number of hydrogen-bond donors (Lipinski definition) is 1. The second kappa shape index (κ2) is 4.80. The Morgan fingerprint density at radius 2 is 2.15 bits per heavy atom. The topological polar surface area (TPSA) is 73.6 Å². The molecule has 106 valence electrons. The first kappa shape index (κ1) is 14.4. The van der Waals surface area contributed by atoms with Gasteiger partial charge in [-0.2, -0.15) is 5.26 Å². The van der Waals surface area contributed by atoms with E-state index in [9.17, 15) is 10.0 Å². The van der Waals surface area contributed by atoms with Crippen LogP contribution in [0.2, 0.25) is 0 Å². The van der Waals surface area contributed by atoms with Gasteiger partial charge in [-0.25, -0.2) is 5.06 Å². The molecule has 0 aromatic heterocycles. The van der Waals surface area contributed by atoms with Crippen LogP contribution in [-0.4, -0.2) is 21.8 Å². The average molecular weight is 274 g/mol. The minimum absolute atomic E-state index is 0.127. The van der Waals surface area contributed by atoms with E-state index in [4.69, 9.17) is 10.00 Å². The largest absolute Gasteiger partial charge is 0.487 e. The summed E-state index contributed by atoms with van der Waals surface area (Å²) in [4.78, 5) is 11.5. The molecule has 1 aromatic rings. The summed E-state index contributed by atoms with van der Waals surface area (Å²) in [5.74, 6) is 0.0307. The van der Waals surface area contributed by atoms with Gasteiger partial charge in [0.2, 0.25) is 5.91 Å². The molecule has 0 fully saturated rings. The Morgan fingerprint density at radius 3 is 2.70 bits per heavy atom. The van der Waals surface area contributed by atoms with Crippen molar-refractivity contribution in [1.82, 2.24) is 5.06 Å². The number of nitriles is 1. The third kappa shape index (κ3) is 2.23. The summed E-state index contributed by atoms with van der Waals surface area (Å²) in [6.07, 6.45) is 0. The van der Waals surface area contributed by atoms with Crippen molar-refractivity contribution in [3.05, 3.63) is 29.3 Å². The molecule has 0 saturated heterocycles. The van der Waals surface area contributed by atoms with Crippen LogP contribution < -0.4 is 4.74 Å². The second-order valence-corrected chi connectivity index (χ2v) is 5.67. The van der Waals surface area contributed by atoms with Gasteiger partial charge in [-0.3, -0.25) is 10.0 Å². The maximum atomic E-state index is 11.5. The molecule has 0 spiro atoms. The van der Waals surface area contributed by atoms with Crippen LogP contribution in [0.4, 0.5) is 0 Å². The first-order valence-corrected chi connectivity index (χ1v) is 6.49. The molecule has 2 atom stereocenters. The average Bonchev–Trinajstić information content (AvgIpc) is 2.38. The summed E-state index contributed by atoms with van der Waals surface area (Å²) in [6.45, 7) is 7.06. The van der Waals surface area contributed by atoms with E-state index in [0.29, 0.717) is 16.9 Å². The SMILES string of the molecule is CC(=O)N(O)[C@@H]1c2cc(C#N)ccc2OC(C)(C)[C@H]1C. The van der Waals surface area contributed by atoms with Gasteiger partial charge in [-0.05, 0) is 32.0 Å². The number of hydroxylamine groups is 2. The number of benzene rings is 1. The van der Waals surface area contributed by atoms with Gasteiger partial charge in [0, 0.05) is 18.4 Å². The molecule has 0 bridgehead atoms. The molecule has 1 aliphatic rings. The lowest BCUT2D eigenvalue weighted by Gasteiger charge is -2.45. The van der Waals surface area contributed by atoms with Crippen LogP contribution in [0.25, 0.3) is 0 Å². The molecule has 0 aliphatic carbocycles. The summed E-state index contributed by atoms with van der Waals surface area (Å²) >= 11 is 0. The molecule has 5 nitrogen and oxygen atoms in total. The molecule has 2 rings (SSSR count). The van der Waals surface area contributed by atoms with E-state index < -0.39 is 17.6 Å². The standard InChI is InChI=1S/C15H18N2O3/c1-9-14(17(19)10(2)18)12-7-11(8-16)5-6-13(12)20-15(9,3)4/h5-7,9,14,19H,1-4H3/t9-,14-/m0/s1. The fraction of sp³-hybridized carbons (Fsp3) is 0.467.